The number of aliphatic imine (C=N–C) groups is 1. The summed E-state index contributed by atoms with van der Waals surface area (Å²) in [6, 6.07) is 30.1. The molecule has 1 amide bonds. The van der Waals surface area contributed by atoms with Crippen LogP contribution in [0.2, 0.25) is 0 Å². The lowest BCUT2D eigenvalue weighted by Crippen LogP contribution is -2.30. The van der Waals surface area contributed by atoms with Gasteiger partial charge < -0.3 is 0 Å². The molecule has 3 aromatic carbocycles. The molecule has 0 N–H and O–H groups in total. The molecule has 0 aromatic heterocycles. The molecular formula is C25H22N2OS. The molecule has 3 aromatic rings. The maximum atomic E-state index is 13.1. The zero-order valence-electron chi connectivity index (χ0n) is 16.1. The summed E-state index contributed by atoms with van der Waals surface area (Å²) in [7, 11) is 0. The summed E-state index contributed by atoms with van der Waals surface area (Å²) >= 11 is 1.45. The zero-order chi connectivity index (χ0) is 19.9. The second-order valence-corrected chi connectivity index (χ2v) is 7.81. The van der Waals surface area contributed by atoms with Gasteiger partial charge in [0.2, 0.25) is 0 Å². The van der Waals surface area contributed by atoms with E-state index in [1.165, 1.54) is 17.3 Å². The highest BCUT2D eigenvalue weighted by atomic mass is 32.2. The van der Waals surface area contributed by atoms with Gasteiger partial charge in [0.1, 0.15) is 0 Å². The molecule has 1 aliphatic heterocycles. The molecule has 1 aliphatic rings. The van der Waals surface area contributed by atoms with Crippen LogP contribution in [0.4, 0.5) is 5.69 Å². The third-order valence-corrected chi connectivity index (χ3v) is 5.66. The van der Waals surface area contributed by atoms with Crippen molar-refractivity contribution in [2.24, 2.45) is 4.99 Å². The minimum absolute atomic E-state index is 0.0293. The first-order valence-corrected chi connectivity index (χ1v) is 10.6. The highest BCUT2D eigenvalue weighted by Crippen LogP contribution is 2.34. The summed E-state index contributed by atoms with van der Waals surface area (Å²) in [5.41, 5.74) is 3.17. The van der Waals surface area contributed by atoms with Crippen molar-refractivity contribution in [1.29, 1.82) is 0 Å². The molecule has 0 bridgehead atoms. The van der Waals surface area contributed by atoms with Gasteiger partial charge in [0.25, 0.3) is 5.91 Å². The molecule has 0 atom stereocenters. The zero-order valence-corrected chi connectivity index (χ0v) is 16.9. The minimum atomic E-state index is 0.0293. The van der Waals surface area contributed by atoms with Crippen LogP contribution in [0.25, 0.3) is 6.08 Å². The molecule has 3 nitrogen and oxygen atoms in total. The summed E-state index contributed by atoms with van der Waals surface area (Å²) in [5, 5.41) is 0.747. The number of carbonyl (C=O) groups excluding carboxylic acids is 1. The number of amidine groups is 1. The van der Waals surface area contributed by atoms with E-state index in [1.807, 2.05) is 77.7 Å². The molecular weight excluding hydrogens is 376 g/mol. The van der Waals surface area contributed by atoms with Gasteiger partial charge in [-0.2, -0.15) is 0 Å². The smallest absolute Gasteiger partial charge is 0.266 e. The largest absolute Gasteiger partial charge is 0.286 e. The third kappa shape index (κ3) is 5.04. The standard InChI is InChI=1S/C25H22N2OS/c28-24-23(19-21-13-6-2-7-14-21)29-25(26-22-16-8-3-9-17-22)27(24)18-10-15-20-11-4-1-5-12-20/h1-9,11-14,16-17,19H,10,15,18H2/b23-19-,26-25?. The molecule has 1 heterocycles. The first-order chi connectivity index (χ1) is 14.3. The van der Waals surface area contributed by atoms with Crippen molar-refractivity contribution in [2.75, 3.05) is 6.54 Å². The fourth-order valence-electron chi connectivity index (χ4n) is 3.19. The monoisotopic (exact) mass is 398 g/mol. The average Bonchev–Trinajstić information content (AvgIpc) is 3.05. The fourth-order valence-corrected chi connectivity index (χ4v) is 4.21. The van der Waals surface area contributed by atoms with Crippen LogP contribution < -0.4 is 0 Å². The topological polar surface area (TPSA) is 32.7 Å². The average molecular weight is 399 g/mol. The van der Waals surface area contributed by atoms with Crippen LogP contribution >= 0.6 is 11.8 Å². The number of rotatable bonds is 6. The number of para-hydroxylation sites is 1. The van der Waals surface area contributed by atoms with Crippen LogP contribution in [0.3, 0.4) is 0 Å². The molecule has 0 spiro atoms. The van der Waals surface area contributed by atoms with Crippen molar-refractivity contribution in [2.45, 2.75) is 12.8 Å². The van der Waals surface area contributed by atoms with Crippen molar-refractivity contribution < 1.29 is 4.79 Å². The number of amides is 1. The number of hydrogen-bond donors (Lipinski definition) is 0. The fraction of sp³-hybridized carbons (Fsp3) is 0.120. The van der Waals surface area contributed by atoms with Crippen LogP contribution in [-0.4, -0.2) is 22.5 Å². The Bertz CT molecular complexity index is 1010. The lowest BCUT2D eigenvalue weighted by atomic mass is 10.1. The predicted molar refractivity (Wildman–Crippen MR) is 122 cm³/mol. The Morgan fingerprint density at radius 3 is 2.14 bits per heavy atom. The SMILES string of the molecule is O=C1/C(=C/c2ccccc2)SC(=Nc2ccccc2)N1CCCc1ccccc1. The van der Waals surface area contributed by atoms with E-state index in [4.69, 9.17) is 4.99 Å². The Morgan fingerprint density at radius 2 is 1.45 bits per heavy atom. The Hall–Kier alpha value is -3.11. The first kappa shape index (κ1) is 19.2. The van der Waals surface area contributed by atoms with Crippen LogP contribution in [0.15, 0.2) is 101 Å². The lowest BCUT2D eigenvalue weighted by molar-refractivity contribution is -0.122. The van der Waals surface area contributed by atoms with Gasteiger partial charge in [-0.25, -0.2) is 4.99 Å². The summed E-state index contributed by atoms with van der Waals surface area (Å²) in [6.07, 6.45) is 3.78. The van der Waals surface area contributed by atoms with Crippen LogP contribution in [-0.2, 0) is 11.2 Å². The summed E-state index contributed by atoms with van der Waals surface area (Å²) in [4.78, 5) is 20.4. The van der Waals surface area contributed by atoms with E-state index in [9.17, 15) is 4.79 Å². The lowest BCUT2D eigenvalue weighted by Gasteiger charge is -2.15. The first-order valence-electron chi connectivity index (χ1n) is 9.74. The van der Waals surface area contributed by atoms with Gasteiger partial charge in [0.15, 0.2) is 5.17 Å². The molecule has 0 aliphatic carbocycles. The molecule has 1 fully saturated rings. The molecule has 29 heavy (non-hydrogen) atoms. The van der Waals surface area contributed by atoms with Crippen molar-refractivity contribution in [3.63, 3.8) is 0 Å². The Kier molecular flexibility index (Phi) is 6.22. The second kappa shape index (κ2) is 9.39. The Balaban J connectivity index is 1.55. The van der Waals surface area contributed by atoms with Gasteiger partial charge in [0, 0.05) is 6.54 Å². The van der Waals surface area contributed by atoms with Crippen molar-refractivity contribution in [1.82, 2.24) is 4.90 Å². The molecule has 4 rings (SSSR count). The number of carbonyl (C=O) groups is 1. The predicted octanol–water partition coefficient (Wildman–Crippen LogP) is 5.92. The van der Waals surface area contributed by atoms with Crippen molar-refractivity contribution in [3.8, 4) is 0 Å². The third-order valence-electron chi connectivity index (χ3n) is 4.66. The summed E-state index contributed by atoms with van der Waals surface area (Å²) in [5.74, 6) is 0.0293. The van der Waals surface area contributed by atoms with E-state index < -0.39 is 0 Å². The van der Waals surface area contributed by atoms with E-state index in [0.29, 0.717) is 11.4 Å². The van der Waals surface area contributed by atoms with Gasteiger partial charge in [0.05, 0.1) is 10.6 Å². The Labute approximate surface area is 175 Å². The molecule has 4 heteroatoms. The van der Waals surface area contributed by atoms with E-state index in [1.54, 1.807) is 0 Å². The molecule has 1 saturated heterocycles. The van der Waals surface area contributed by atoms with E-state index in [0.717, 1.165) is 29.3 Å². The van der Waals surface area contributed by atoms with E-state index in [-0.39, 0.29) is 5.91 Å². The quantitative estimate of drug-likeness (QED) is 0.483. The summed E-state index contributed by atoms with van der Waals surface area (Å²) in [6.45, 7) is 0.651. The molecule has 0 unspecified atom stereocenters. The van der Waals surface area contributed by atoms with Crippen LogP contribution in [0.1, 0.15) is 17.5 Å². The van der Waals surface area contributed by atoms with Gasteiger partial charge in [-0.3, -0.25) is 9.69 Å². The van der Waals surface area contributed by atoms with E-state index in [2.05, 4.69) is 24.3 Å². The maximum absolute atomic E-state index is 13.1. The number of thioether (sulfide) groups is 1. The molecule has 0 saturated carbocycles. The normalized spacial score (nSPS) is 16.7. The summed E-state index contributed by atoms with van der Waals surface area (Å²) < 4.78 is 0. The van der Waals surface area contributed by atoms with Gasteiger partial charge in [-0.15, -0.1) is 0 Å². The highest BCUT2D eigenvalue weighted by Gasteiger charge is 2.33. The van der Waals surface area contributed by atoms with Crippen LogP contribution in [0.5, 0.6) is 0 Å². The van der Waals surface area contributed by atoms with Gasteiger partial charge >= 0.3 is 0 Å². The molecule has 144 valence electrons. The highest BCUT2D eigenvalue weighted by molar-refractivity contribution is 8.18. The Morgan fingerprint density at radius 1 is 0.828 bits per heavy atom. The number of aryl methyl sites for hydroxylation is 1. The van der Waals surface area contributed by atoms with E-state index >= 15 is 0 Å². The molecule has 0 radical (unpaired) electrons. The number of hydrogen-bond acceptors (Lipinski definition) is 3. The van der Waals surface area contributed by atoms with Gasteiger partial charge in [-0.05, 0) is 53.9 Å². The van der Waals surface area contributed by atoms with Crippen molar-refractivity contribution >= 4 is 34.6 Å². The van der Waals surface area contributed by atoms with Gasteiger partial charge in [-0.1, -0.05) is 78.9 Å². The van der Waals surface area contributed by atoms with Crippen LogP contribution in [0, 0.1) is 0 Å². The second-order valence-electron chi connectivity index (χ2n) is 6.80. The maximum Gasteiger partial charge on any atom is 0.266 e. The minimum Gasteiger partial charge on any atom is -0.286 e. The number of benzene rings is 3. The number of nitrogens with zero attached hydrogens (tertiary/aromatic N) is 2. The van der Waals surface area contributed by atoms with Crippen molar-refractivity contribution in [3.05, 3.63) is 107 Å².